The molecule has 0 radical (unpaired) electrons. The van der Waals surface area contributed by atoms with Crippen LogP contribution in [0.1, 0.15) is 12.0 Å². The molecule has 0 amide bonds. The number of carbonyl (C=O) groups excluding carboxylic acids is 1. The summed E-state index contributed by atoms with van der Waals surface area (Å²) in [6.07, 6.45) is 1.13. The van der Waals surface area contributed by atoms with Crippen LogP contribution in [0.25, 0.3) is 0 Å². The Morgan fingerprint density at radius 3 is 2.88 bits per heavy atom. The van der Waals surface area contributed by atoms with Crippen LogP contribution >= 0.6 is 0 Å². The highest BCUT2D eigenvalue weighted by Gasteiger charge is 2.42. The summed E-state index contributed by atoms with van der Waals surface area (Å²) in [5.74, 6) is 0.172. The van der Waals surface area contributed by atoms with Gasteiger partial charge in [-0.1, -0.05) is 30.3 Å². The summed E-state index contributed by atoms with van der Waals surface area (Å²) >= 11 is 0. The highest BCUT2D eigenvalue weighted by molar-refractivity contribution is 5.85. The second-order valence-electron chi connectivity index (χ2n) is 4.45. The Hall–Kier alpha value is -1.19. The van der Waals surface area contributed by atoms with Gasteiger partial charge in [-0.25, -0.2) is 0 Å². The third-order valence-corrected chi connectivity index (χ3v) is 3.26. The van der Waals surface area contributed by atoms with E-state index in [4.69, 9.17) is 9.47 Å². The number of carbonyl (C=O) groups is 1. The Morgan fingerprint density at radius 1 is 1.25 bits per heavy atom. The van der Waals surface area contributed by atoms with E-state index in [0.717, 1.165) is 12.8 Å². The molecule has 3 nitrogen and oxygen atoms in total. The van der Waals surface area contributed by atoms with Crippen LogP contribution in [0.2, 0.25) is 0 Å². The molecule has 0 aromatic heterocycles. The minimum atomic E-state index is -0.590. The van der Waals surface area contributed by atoms with Crippen LogP contribution in [-0.4, -0.2) is 24.8 Å². The molecule has 3 heteroatoms. The zero-order valence-electron chi connectivity index (χ0n) is 8.96. The normalized spacial score (nSPS) is 33.0. The van der Waals surface area contributed by atoms with E-state index in [-0.39, 0.29) is 17.8 Å². The quantitative estimate of drug-likeness (QED) is 0.755. The van der Waals surface area contributed by atoms with Crippen LogP contribution in [0.5, 0.6) is 0 Å². The average molecular weight is 218 g/mol. The topological polar surface area (TPSA) is 35.5 Å². The first-order valence-electron chi connectivity index (χ1n) is 5.67. The first kappa shape index (κ1) is 10.00. The predicted molar refractivity (Wildman–Crippen MR) is 57.9 cm³/mol. The van der Waals surface area contributed by atoms with Crippen molar-refractivity contribution in [1.29, 1.82) is 0 Å². The maximum Gasteiger partial charge on any atom is 0.218 e. The molecule has 3 atom stereocenters. The van der Waals surface area contributed by atoms with Crippen LogP contribution in [0.15, 0.2) is 30.3 Å². The van der Waals surface area contributed by atoms with E-state index in [1.807, 2.05) is 18.2 Å². The van der Waals surface area contributed by atoms with Gasteiger partial charge in [0.15, 0.2) is 5.78 Å². The maximum atomic E-state index is 11.9. The van der Waals surface area contributed by atoms with Gasteiger partial charge in [0.2, 0.25) is 6.29 Å². The lowest BCUT2D eigenvalue weighted by Crippen LogP contribution is -2.37. The van der Waals surface area contributed by atoms with E-state index in [2.05, 4.69) is 12.1 Å². The molecule has 16 heavy (non-hydrogen) atoms. The van der Waals surface area contributed by atoms with Crippen molar-refractivity contribution in [3.8, 4) is 0 Å². The summed E-state index contributed by atoms with van der Waals surface area (Å²) in [4.78, 5) is 11.9. The molecule has 2 fully saturated rings. The number of ketones is 1. The molecule has 2 bridgehead atoms. The second-order valence-corrected chi connectivity index (χ2v) is 4.45. The number of fused-ring (bicyclic) bond motifs is 2. The van der Waals surface area contributed by atoms with Crippen LogP contribution in [0.4, 0.5) is 0 Å². The Balaban J connectivity index is 1.74. The highest BCUT2D eigenvalue weighted by atomic mass is 16.7. The lowest BCUT2D eigenvalue weighted by atomic mass is 9.89. The Labute approximate surface area is 94.4 Å². The van der Waals surface area contributed by atoms with E-state index in [1.54, 1.807) is 0 Å². The Kier molecular flexibility index (Phi) is 2.50. The van der Waals surface area contributed by atoms with Crippen molar-refractivity contribution in [2.24, 2.45) is 5.92 Å². The molecule has 0 N–H and O–H groups in total. The summed E-state index contributed by atoms with van der Waals surface area (Å²) in [5, 5.41) is 0. The van der Waals surface area contributed by atoms with Gasteiger partial charge in [-0.15, -0.1) is 0 Å². The van der Waals surface area contributed by atoms with Gasteiger partial charge >= 0.3 is 0 Å². The summed E-state index contributed by atoms with van der Waals surface area (Å²) in [6, 6.07) is 10.1. The Morgan fingerprint density at radius 2 is 2.06 bits per heavy atom. The van der Waals surface area contributed by atoms with Gasteiger partial charge < -0.3 is 9.47 Å². The van der Waals surface area contributed by atoms with Gasteiger partial charge in [0, 0.05) is 5.92 Å². The first-order chi connectivity index (χ1) is 7.83. The van der Waals surface area contributed by atoms with Gasteiger partial charge in [-0.2, -0.15) is 0 Å². The number of rotatable bonds is 2. The van der Waals surface area contributed by atoms with Crippen molar-refractivity contribution >= 4 is 5.78 Å². The maximum absolute atomic E-state index is 11.9. The first-order valence-corrected chi connectivity index (χ1v) is 5.67. The third-order valence-electron chi connectivity index (χ3n) is 3.26. The van der Waals surface area contributed by atoms with Gasteiger partial charge in [-0.05, 0) is 18.4 Å². The number of hydrogen-bond donors (Lipinski definition) is 0. The van der Waals surface area contributed by atoms with Crippen molar-refractivity contribution in [3.05, 3.63) is 35.9 Å². The van der Waals surface area contributed by atoms with Crippen molar-refractivity contribution in [2.75, 3.05) is 6.61 Å². The van der Waals surface area contributed by atoms with Crippen molar-refractivity contribution in [1.82, 2.24) is 0 Å². The SMILES string of the molecule is O=C1[C@H](Cc2ccccc2)C[C@H]2CO[C@@H]1O2. The standard InChI is InChI=1S/C13H14O3/c14-12-10(6-9-4-2-1-3-5-9)7-11-8-15-13(12)16-11/h1-5,10-11,13H,6-8H2/t10-,11+,13-/m1/s1. The lowest BCUT2D eigenvalue weighted by molar-refractivity contribution is -0.158. The lowest BCUT2D eigenvalue weighted by Gasteiger charge is -2.25. The highest BCUT2D eigenvalue weighted by Crippen LogP contribution is 2.30. The molecule has 3 rings (SSSR count). The Bertz CT molecular complexity index is 387. The molecule has 0 spiro atoms. The van der Waals surface area contributed by atoms with Crippen LogP contribution in [0.3, 0.4) is 0 Å². The molecule has 0 saturated carbocycles. The molecule has 2 aliphatic rings. The zero-order chi connectivity index (χ0) is 11.0. The average Bonchev–Trinajstić information content (AvgIpc) is 2.72. The molecular formula is C13H14O3. The van der Waals surface area contributed by atoms with Crippen molar-refractivity contribution in [2.45, 2.75) is 25.2 Å². The van der Waals surface area contributed by atoms with E-state index < -0.39 is 6.29 Å². The molecule has 0 aliphatic carbocycles. The van der Waals surface area contributed by atoms with Crippen LogP contribution in [0, 0.1) is 5.92 Å². The van der Waals surface area contributed by atoms with Crippen LogP contribution < -0.4 is 0 Å². The summed E-state index contributed by atoms with van der Waals surface area (Å²) < 4.78 is 10.7. The fraction of sp³-hybridized carbons (Fsp3) is 0.462. The smallest absolute Gasteiger partial charge is 0.218 e. The minimum absolute atomic E-state index is 0.0636. The molecule has 2 saturated heterocycles. The van der Waals surface area contributed by atoms with Gasteiger partial charge in [0.05, 0.1) is 12.7 Å². The minimum Gasteiger partial charge on any atom is -0.343 e. The third kappa shape index (κ3) is 1.77. The van der Waals surface area contributed by atoms with E-state index in [1.165, 1.54) is 5.56 Å². The van der Waals surface area contributed by atoms with E-state index in [0.29, 0.717) is 6.61 Å². The van der Waals surface area contributed by atoms with Crippen LogP contribution in [-0.2, 0) is 20.7 Å². The molecular weight excluding hydrogens is 204 g/mol. The molecule has 0 unspecified atom stereocenters. The van der Waals surface area contributed by atoms with Gasteiger partial charge in [0.1, 0.15) is 0 Å². The van der Waals surface area contributed by atoms with E-state index in [9.17, 15) is 4.79 Å². The van der Waals surface area contributed by atoms with Gasteiger partial charge in [0.25, 0.3) is 0 Å². The second kappa shape index (κ2) is 4.00. The molecule has 1 aromatic rings. The number of ether oxygens (including phenoxy) is 2. The molecule has 1 aromatic carbocycles. The zero-order valence-corrected chi connectivity index (χ0v) is 8.96. The number of Topliss-reactive ketones (excluding diaryl/α,β-unsaturated/α-hetero) is 1. The predicted octanol–water partition coefficient (Wildman–Crippen LogP) is 1.56. The molecule has 84 valence electrons. The van der Waals surface area contributed by atoms with Gasteiger partial charge in [-0.3, -0.25) is 4.79 Å². The monoisotopic (exact) mass is 218 g/mol. The fourth-order valence-corrected chi connectivity index (χ4v) is 2.43. The molecule has 2 heterocycles. The number of hydrogen-bond acceptors (Lipinski definition) is 3. The van der Waals surface area contributed by atoms with E-state index >= 15 is 0 Å². The summed E-state index contributed by atoms with van der Waals surface area (Å²) in [7, 11) is 0. The summed E-state index contributed by atoms with van der Waals surface area (Å²) in [5.41, 5.74) is 1.21. The van der Waals surface area contributed by atoms with Crippen molar-refractivity contribution < 1.29 is 14.3 Å². The summed E-state index contributed by atoms with van der Waals surface area (Å²) in [6.45, 7) is 0.571. The largest absolute Gasteiger partial charge is 0.343 e. The molecule has 2 aliphatic heterocycles. The number of benzene rings is 1. The fourth-order valence-electron chi connectivity index (χ4n) is 2.43. The van der Waals surface area contributed by atoms with Crippen molar-refractivity contribution in [3.63, 3.8) is 0 Å².